The van der Waals surface area contributed by atoms with E-state index in [0.29, 0.717) is 36.8 Å². The van der Waals surface area contributed by atoms with E-state index in [0.717, 1.165) is 35.3 Å². The third kappa shape index (κ3) is 5.39. The zero-order valence-electron chi connectivity index (χ0n) is 20.1. The molecule has 2 fully saturated rings. The van der Waals surface area contributed by atoms with E-state index >= 15 is 0 Å². The molecule has 1 N–H and O–H groups in total. The fraction of sp³-hybridized carbons (Fsp3) is 0.321. The van der Waals surface area contributed by atoms with Gasteiger partial charge in [-0.25, -0.2) is 9.97 Å². The number of methoxy groups -OCH3 is 1. The minimum absolute atomic E-state index is 0.00940. The first kappa shape index (κ1) is 23.9. The van der Waals surface area contributed by atoms with Crippen molar-refractivity contribution in [1.82, 2.24) is 14.9 Å². The standard InChI is InChI=1S/C28H28N4O4/c1-3-19-6-4-7-21(12-19)31-28-23-14-20(25(34-2)15-24(23)29-18-30-28)13-22(33)8-5-9-32-16-26-27(17-32)36-11-10-35-26/h1,4-8,12,14-15,18,26-27H,9-11,13,16-17H2,2H3,(H,29,30,31)/b8-5+/t26-,27+. The number of likely N-dealkylation sites (tertiary alicyclic amines) is 1. The van der Waals surface area contributed by atoms with Crippen LogP contribution in [-0.2, 0) is 20.7 Å². The highest BCUT2D eigenvalue weighted by molar-refractivity contribution is 5.96. The second-order valence-electron chi connectivity index (χ2n) is 8.84. The summed E-state index contributed by atoms with van der Waals surface area (Å²) in [5, 5.41) is 4.10. The van der Waals surface area contributed by atoms with E-state index in [4.69, 9.17) is 20.6 Å². The Morgan fingerprint density at radius 2 is 2.03 bits per heavy atom. The fourth-order valence-corrected chi connectivity index (χ4v) is 4.65. The molecule has 184 valence electrons. The summed E-state index contributed by atoms with van der Waals surface area (Å²) in [5.74, 6) is 3.86. The summed E-state index contributed by atoms with van der Waals surface area (Å²) in [4.78, 5) is 23.9. The molecule has 0 radical (unpaired) electrons. The molecule has 0 bridgehead atoms. The van der Waals surface area contributed by atoms with Crippen molar-refractivity contribution in [3.8, 4) is 18.1 Å². The molecule has 2 aromatic carbocycles. The first-order chi connectivity index (χ1) is 17.6. The topological polar surface area (TPSA) is 85.8 Å². The lowest BCUT2D eigenvalue weighted by Crippen LogP contribution is -2.36. The minimum Gasteiger partial charge on any atom is -0.496 e. The van der Waals surface area contributed by atoms with Gasteiger partial charge in [0.05, 0.1) is 38.0 Å². The van der Waals surface area contributed by atoms with Crippen LogP contribution in [0.25, 0.3) is 10.9 Å². The average molecular weight is 485 g/mol. The molecular formula is C28H28N4O4. The van der Waals surface area contributed by atoms with Crippen molar-refractivity contribution in [2.75, 3.05) is 45.3 Å². The average Bonchev–Trinajstić information content (AvgIpc) is 3.31. The van der Waals surface area contributed by atoms with Crippen molar-refractivity contribution < 1.29 is 19.0 Å². The Morgan fingerprint density at radius 1 is 1.22 bits per heavy atom. The smallest absolute Gasteiger partial charge is 0.159 e. The Hall–Kier alpha value is -3.77. The lowest BCUT2D eigenvalue weighted by Gasteiger charge is -2.24. The van der Waals surface area contributed by atoms with Gasteiger partial charge in [-0.15, -0.1) is 6.42 Å². The molecule has 8 nitrogen and oxygen atoms in total. The van der Waals surface area contributed by atoms with Crippen molar-refractivity contribution in [1.29, 1.82) is 0 Å². The number of ketones is 1. The lowest BCUT2D eigenvalue weighted by molar-refractivity contribution is -0.116. The number of nitrogens with one attached hydrogen (secondary N) is 1. The van der Waals surface area contributed by atoms with Crippen molar-refractivity contribution in [3.63, 3.8) is 0 Å². The van der Waals surface area contributed by atoms with Crippen LogP contribution in [0.5, 0.6) is 5.75 Å². The van der Waals surface area contributed by atoms with E-state index < -0.39 is 0 Å². The zero-order valence-corrected chi connectivity index (χ0v) is 20.1. The highest BCUT2D eigenvalue weighted by Gasteiger charge is 2.35. The van der Waals surface area contributed by atoms with Gasteiger partial charge in [-0.05, 0) is 30.3 Å². The van der Waals surface area contributed by atoms with Crippen LogP contribution >= 0.6 is 0 Å². The van der Waals surface area contributed by atoms with E-state index in [1.807, 2.05) is 42.5 Å². The third-order valence-electron chi connectivity index (χ3n) is 6.40. The number of nitrogens with zero attached hydrogens (tertiary/aromatic N) is 3. The highest BCUT2D eigenvalue weighted by Crippen LogP contribution is 2.30. The molecule has 2 aliphatic rings. The number of terminal acetylenes is 1. The van der Waals surface area contributed by atoms with E-state index in [9.17, 15) is 4.79 Å². The Labute approximate surface area is 210 Å². The first-order valence-electron chi connectivity index (χ1n) is 11.9. The SMILES string of the molecule is C#Cc1cccc(Nc2ncnc3cc(OC)c(CC(=O)/C=C/CN4C[C@@H]5OCCO[C@@H]5C4)cc23)c1. The van der Waals surface area contributed by atoms with Gasteiger partial charge < -0.3 is 19.5 Å². The largest absolute Gasteiger partial charge is 0.496 e. The van der Waals surface area contributed by atoms with Gasteiger partial charge in [0, 0.05) is 54.3 Å². The molecule has 1 aromatic heterocycles. The summed E-state index contributed by atoms with van der Waals surface area (Å²) in [7, 11) is 1.59. The van der Waals surface area contributed by atoms with Gasteiger partial charge in [-0.2, -0.15) is 0 Å². The Kier molecular flexibility index (Phi) is 7.23. The van der Waals surface area contributed by atoms with Crippen LogP contribution < -0.4 is 10.1 Å². The maximum Gasteiger partial charge on any atom is 0.159 e. The first-order valence-corrected chi connectivity index (χ1v) is 11.9. The number of benzene rings is 2. The van der Waals surface area contributed by atoms with Gasteiger partial charge in [0.25, 0.3) is 0 Å². The second kappa shape index (κ2) is 10.9. The highest BCUT2D eigenvalue weighted by atomic mass is 16.6. The molecule has 5 rings (SSSR count). The summed E-state index contributed by atoms with van der Waals surface area (Å²) in [5.41, 5.74) is 3.07. The van der Waals surface area contributed by atoms with Crippen LogP contribution in [0.15, 0.2) is 54.9 Å². The summed E-state index contributed by atoms with van der Waals surface area (Å²) < 4.78 is 17.1. The van der Waals surface area contributed by atoms with Gasteiger partial charge in [-0.1, -0.05) is 18.1 Å². The van der Waals surface area contributed by atoms with Crippen LogP contribution in [-0.4, -0.2) is 72.8 Å². The molecule has 2 atom stereocenters. The maximum absolute atomic E-state index is 12.8. The number of allylic oxidation sites excluding steroid dienone is 1. The zero-order chi connectivity index (χ0) is 24.9. The van der Waals surface area contributed by atoms with Crippen molar-refractivity contribution in [2.45, 2.75) is 18.6 Å². The van der Waals surface area contributed by atoms with Gasteiger partial charge in [0.1, 0.15) is 17.9 Å². The predicted molar refractivity (Wildman–Crippen MR) is 138 cm³/mol. The molecule has 36 heavy (non-hydrogen) atoms. The molecule has 2 saturated heterocycles. The van der Waals surface area contributed by atoms with E-state index in [1.165, 1.54) is 6.33 Å². The number of rotatable bonds is 8. The maximum atomic E-state index is 12.8. The number of anilines is 2. The minimum atomic E-state index is -0.00940. The number of fused-ring (bicyclic) bond motifs is 2. The van der Waals surface area contributed by atoms with Crippen molar-refractivity contribution in [3.05, 3.63) is 66.0 Å². The summed E-state index contributed by atoms with van der Waals surface area (Å²) in [6, 6.07) is 11.3. The molecule has 0 spiro atoms. The molecule has 0 amide bonds. The fourth-order valence-electron chi connectivity index (χ4n) is 4.65. The summed E-state index contributed by atoms with van der Waals surface area (Å²) in [6.45, 7) is 3.62. The molecule has 3 heterocycles. The number of aromatic nitrogens is 2. The van der Waals surface area contributed by atoms with E-state index in [1.54, 1.807) is 13.2 Å². The number of hydrogen-bond acceptors (Lipinski definition) is 8. The van der Waals surface area contributed by atoms with Crippen molar-refractivity contribution in [2.24, 2.45) is 0 Å². The molecule has 3 aromatic rings. The molecule has 8 heteroatoms. The van der Waals surface area contributed by atoms with Gasteiger partial charge in [-0.3, -0.25) is 9.69 Å². The Bertz CT molecular complexity index is 1320. The van der Waals surface area contributed by atoms with Gasteiger partial charge >= 0.3 is 0 Å². The number of carbonyl (C=O) groups is 1. The second-order valence-corrected chi connectivity index (χ2v) is 8.84. The predicted octanol–water partition coefficient (Wildman–Crippen LogP) is 3.13. The lowest BCUT2D eigenvalue weighted by atomic mass is 10.0. The molecule has 0 saturated carbocycles. The molecule has 0 unspecified atom stereocenters. The van der Waals surface area contributed by atoms with Gasteiger partial charge in [0.15, 0.2) is 5.78 Å². The summed E-state index contributed by atoms with van der Waals surface area (Å²) >= 11 is 0. The Morgan fingerprint density at radius 3 is 2.78 bits per heavy atom. The van der Waals surface area contributed by atoms with Crippen molar-refractivity contribution >= 4 is 28.2 Å². The number of carbonyl (C=O) groups excluding carboxylic acids is 1. The number of ether oxygens (including phenoxy) is 3. The van der Waals surface area contributed by atoms with E-state index in [-0.39, 0.29) is 24.4 Å². The van der Waals surface area contributed by atoms with Crippen LogP contribution in [0, 0.1) is 12.3 Å². The van der Waals surface area contributed by atoms with Crippen LogP contribution in [0.1, 0.15) is 11.1 Å². The third-order valence-corrected chi connectivity index (χ3v) is 6.40. The van der Waals surface area contributed by atoms with Crippen LogP contribution in [0.2, 0.25) is 0 Å². The normalized spacial score (nSPS) is 19.8. The monoisotopic (exact) mass is 484 g/mol. The summed E-state index contributed by atoms with van der Waals surface area (Å²) in [6.07, 6.45) is 11.0. The Balaban J connectivity index is 1.30. The van der Waals surface area contributed by atoms with Crippen LogP contribution in [0.3, 0.4) is 0 Å². The van der Waals surface area contributed by atoms with Gasteiger partial charge in [0.2, 0.25) is 0 Å². The van der Waals surface area contributed by atoms with Crippen LogP contribution in [0.4, 0.5) is 11.5 Å². The molecular weight excluding hydrogens is 456 g/mol. The molecule has 0 aliphatic carbocycles. The quantitative estimate of drug-likeness (QED) is 0.386. The van der Waals surface area contributed by atoms with E-state index in [2.05, 4.69) is 26.1 Å². The molecule has 2 aliphatic heterocycles. The number of hydrogen-bond donors (Lipinski definition) is 1.